The number of aliphatic hydroxyl groups excluding tert-OH is 1. The minimum atomic E-state index is -0.552. The molecular weight excluding hydrogens is 403 g/mol. The summed E-state index contributed by atoms with van der Waals surface area (Å²) >= 11 is 18.2. The lowest BCUT2D eigenvalue weighted by Crippen LogP contribution is -2.26. The average molecular weight is 424 g/mol. The number of aromatic amines is 1. The normalized spacial score (nSPS) is 16.3. The molecule has 0 spiro atoms. The predicted molar refractivity (Wildman–Crippen MR) is 113 cm³/mol. The van der Waals surface area contributed by atoms with Crippen LogP contribution in [0.3, 0.4) is 0 Å². The molecule has 0 bridgehead atoms. The number of hydrogen-bond donors (Lipinski definition) is 2. The minimum absolute atomic E-state index is 0.476. The van der Waals surface area contributed by atoms with Crippen LogP contribution in [0.5, 0.6) is 0 Å². The summed E-state index contributed by atoms with van der Waals surface area (Å²) in [7, 11) is 0. The Hall–Kier alpha value is -1.23. The van der Waals surface area contributed by atoms with Gasteiger partial charge in [-0.3, -0.25) is 4.90 Å². The summed E-state index contributed by atoms with van der Waals surface area (Å²) in [5.41, 5.74) is 4.58. The number of fused-ring (bicyclic) bond motifs is 3. The molecule has 142 valence electrons. The number of halogens is 3. The molecule has 1 aromatic heterocycles. The lowest BCUT2D eigenvalue weighted by molar-refractivity contribution is 0.139. The van der Waals surface area contributed by atoms with E-state index >= 15 is 0 Å². The molecule has 0 saturated heterocycles. The molecule has 1 atom stereocenters. The lowest BCUT2D eigenvalue weighted by Gasteiger charge is -2.22. The number of hydrogen-bond acceptors (Lipinski definition) is 2. The van der Waals surface area contributed by atoms with Crippen LogP contribution in [0.2, 0.25) is 15.1 Å². The SMILES string of the molecule is OC(CCN1CCCc2c([nH]c3ccc(Cl)cc23)C1)c1ccc(Cl)c(Cl)c1. The van der Waals surface area contributed by atoms with Gasteiger partial charge in [0, 0.05) is 34.7 Å². The fourth-order valence-electron chi connectivity index (χ4n) is 3.86. The van der Waals surface area contributed by atoms with Crippen LogP contribution in [0.1, 0.15) is 35.8 Å². The molecule has 27 heavy (non-hydrogen) atoms. The van der Waals surface area contributed by atoms with E-state index in [0.29, 0.717) is 16.5 Å². The van der Waals surface area contributed by atoms with Crippen molar-refractivity contribution >= 4 is 45.7 Å². The van der Waals surface area contributed by atoms with Crippen molar-refractivity contribution in [3.63, 3.8) is 0 Å². The van der Waals surface area contributed by atoms with Gasteiger partial charge in [0.25, 0.3) is 0 Å². The molecule has 6 heteroatoms. The summed E-state index contributed by atoms with van der Waals surface area (Å²) < 4.78 is 0. The van der Waals surface area contributed by atoms with Crippen LogP contribution in [-0.4, -0.2) is 28.1 Å². The van der Waals surface area contributed by atoms with Gasteiger partial charge in [-0.05, 0) is 67.3 Å². The Labute approximate surface area is 173 Å². The zero-order chi connectivity index (χ0) is 19.0. The molecule has 0 saturated carbocycles. The monoisotopic (exact) mass is 422 g/mol. The fourth-order valence-corrected chi connectivity index (χ4v) is 4.34. The molecule has 1 aliphatic heterocycles. The van der Waals surface area contributed by atoms with E-state index in [2.05, 4.69) is 16.0 Å². The Bertz CT molecular complexity index is 969. The largest absolute Gasteiger partial charge is 0.388 e. The maximum atomic E-state index is 10.5. The molecule has 0 fully saturated rings. The molecular formula is C21H21Cl3N2O. The van der Waals surface area contributed by atoms with Crippen LogP contribution in [0.15, 0.2) is 36.4 Å². The summed E-state index contributed by atoms with van der Waals surface area (Å²) in [6.07, 6.45) is 2.24. The zero-order valence-corrected chi connectivity index (χ0v) is 17.1. The second-order valence-electron chi connectivity index (χ2n) is 7.13. The molecule has 1 unspecified atom stereocenters. The molecule has 0 aliphatic carbocycles. The molecule has 1 aliphatic rings. The summed E-state index contributed by atoms with van der Waals surface area (Å²) in [6.45, 7) is 2.69. The highest BCUT2D eigenvalue weighted by Crippen LogP contribution is 2.30. The first kappa shape index (κ1) is 19.1. The second-order valence-corrected chi connectivity index (χ2v) is 8.38. The third-order valence-electron chi connectivity index (χ3n) is 5.29. The first-order valence-corrected chi connectivity index (χ1v) is 10.3. The van der Waals surface area contributed by atoms with E-state index in [1.807, 2.05) is 18.2 Å². The van der Waals surface area contributed by atoms with Crippen LogP contribution in [0, 0.1) is 0 Å². The molecule has 0 radical (unpaired) electrons. The van der Waals surface area contributed by atoms with E-state index in [4.69, 9.17) is 34.8 Å². The van der Waals surface area contributed by atoms with Gasteiger partial charge in [0.2, 0.25) is 0 Å². The van der Waals surface area contributed by atoms with E-state index in [1.54, 1.807) is 12.1 Å². The Morgan fingerprint density at radius 1 is 1.07 bits per heavy atom. The standard InChI is InChI=1S/C21H21Cl3N2O/c22-14-4-6-19-16(11-14)15-2-1-8-26(12-20(15)25-19)9-7-21(27)13-3-5-17(23)18(24)10-13/h3-6,10-11,21,25,27H,1-2,7-9,12H2. The van der Waals surface area contributed by atoms with Crippen molar-refractivity contribution in [1.29, 1.82) is 0 Å². The summed E-state index contributed by atoms with van der Waals surface area (Å²) in [5.74, 6) is 0. The number of aromatic nitrogens is 1. The predicted octanol–water partition coefficient (Wildman–Crippen LogP) is 6.00. The first-order chi connectivity index (χ1) is 13.0. The van der Waals surface area contributed by atoms with Crippen molar-refractivity contribution in [3.05, 3.63) is 68.3 Å². The van der Waals surface area contributed by atoms with Crippen molar-refractivity contribution in [2.45, 2.75) is 31.9 Å². The van der Waals surface area contributed by atoms with Crippen molar-refractivity contribution < 1.29 is 5.11 Å². The molecule has 2 N–H and O–H groups in total. The number of aliphatic hydroxyl groups is 1. The Kier molecular flexibility index (Phi) is 5.68. The van der Waals surface area contributed by atoms with Crippen LogP contribution in [-0.2, 0) is 13.0 Å². The van der Waals surface area contributed by atoms with Crippen LogP contribution < -0.4 is 0 Å². The third-order valence-corrected chi connectivity index (χ3v) is 6.26. The van der Waals surface area contributed by atoms with E-state index in [9.17, 15) is 5.11 Å². The zero-order valence-electron chi connectivity index (χ0n) is 14.8. The Morgan fingerprint density at radius 2 is 1.93 bits per heavy atom. The van der Waals surface area contributed by atoms with Crippen LogP contribution in [0.25, 0.3) is 10.9 Å². The Balaban J connectivity index is 1.46. The summed E-state index contributed by atoms with van der Waals surface area (Å²) in [5, 5.41) is 13.5. The quantitative estimate of drug-likeness (QED) is 0.540. The van der Waals surface area contributed by atoms with Gasteiger partial charge >= 0.3 is 0 Å². The number of benzene rings is 2. The van der Waals surface area contributed by atoms with Gasteiger partial charge in [-0.2, -0.15) is 0 Å². The fraction of sp³-hybridized carbons (Fsp3) is 0.333. The van der Waals surface area contributed by atoms with Crippen LogP contribution in [0.4, 0.5) is 0 Å². The van der Waals surface area contributed by atoms with Gasteiger partial charge in [-0.25, -0.2) is 0 Å². The first-order valence-electron chi connectivity index (χ1n) is 9.15. The van der Waals surface area contributed by atoms with Crippen molar-refractivity contribution in [2.24, 2.45) is 0 Å². The summed E-state index contributed by atoms with van der Waals surface area (Å²) in [6, 6.07) is 11.3. The maximum Gasteiger partial charge on any atom is 0.0802 e. The average Bonchev–Trinajstić information content (AvgIpc) is 2.85. The molecule has 3 nitrogen and oxygen atoms in total. The summed E-state index contributed by atoms with van der Waals surface area (Å²) in [4.78, 5) is 5.94. The van der Waals surface area contributed by atoms with Gasteiger partial charge in [0.1, 0.15) is 0 Å². The van der Waals surface area contributed by atoms with E-state index in [0.717, 1.165) is 48.6 Å². The van der Waals surface area contributed by atoms with E-state index in [-0.39, 0.29) is 0 Å². The van der Waals surface area contributed by atoms with Gasteiger partial charge < -0.3 is 10.1 Å². The van der Waals surface area contributed by atoms with Gasteiger partial charge in [-0.15, -0.1) is 0 Å². The second kappa shape index (κ2) is 8.02. The topological polar surface area (TPSA) is 39.3 Å². The lowest BCUT2D eigenvalue weighted by atomic mass is 10.1. The Morgan fingerprint density at radius 3 is 2.74 bits per heavy atom. The third kappa shape index (κ3) is 4.13. The number of H-pyrrole nitrogens is 1. The molecule has 2 heterocycles. The highest BCUT2D eigenvalue weighted by atomic mass is 35.5. The molecule has 0 amide bonds. The number of aryl methyl sites for hydroxylation is 1. The van der Waals surface area contributed by atoms with Gasteiger partial charge in [0.05, 0.1) is 16.1 Å². The van der Waals surface area contributed by atoms with Gasteiger partial charge in [-0.1, -0.05) is 40.9 Å². The smallest absolute Gasteiger partial charge is 0.0802 e. The van der Waals surface area contributed by atoms with Crippen molar-refractivity contribution in [3.8, 4) is 0 Å². The maximum absolute atomic E-state index is 10.5. The number of rotatable bonds is 4. The minimum Gasteiger partial charge on any atom is -0.388 e. The van der Waals surface area contributed by atoms with Crippen molar-refractivity contribution in [2.75, 3.05) is 13.1 Å². The van der Waals surface area contributed by atoms with Crippen molar-refractivity contribution in [1.82, 2.24) is 9.88 Å². The number of nitrogens with one attached hydrogen (secondary N) is 1. The molecule has 3 aromatic rings. The van der Waals surface area contributed by atoms with E-state index < -0.39 is 6.10 Å². The molecule has 4 rings (SSSR count). The van der Waals surface area contributed by atoms with E-state index in [1.165, 1.54) is 16.6 Å². The van der Waals surface area contributed by atoms with Crippen LogP contribution >= 0.6 is 34.8 Å². The number of nitrogens with zero attached hydrogens (tertiary/aromatic N) is 1. The van der Waals surface area contributed by atoms with Gasteiger partial charge in [0.15, 0.2) is 0 Å². The highest BCUT2D eigenvalue weighted by molar-refractivity contribution is 6.42. The molecule has 2 aromatic carbocycles. The highest BCUT2D eigenvalue weighted by Gasteiger charge is 2.20.